The lowest BCUT2D eigenvalue weighted by Crippen LogP contribution is -1.99. The first-order valence-corrected chi connectivity index (χ1v) is 8.88. The molecule has 0 radical (unpaired) electrons. The summed E-state index contributed by atoms with van der Waals surface area (Å²) < 4.78 is 35.2. The predicted molar refractivity (Wildman–Crippen MR) is 91.6 cm³/mol. The monoisotopic (exact) mass is 302 g/mol. The Bertz CT molecular complexity index is 346. The van der Waals surface area contributed by atoms with Crippen LogP contribution in [-0.4, -0.2) is 13.1 Å². The van der Waals surface area contributed by atoms with E-state index < -0.39 is 18.7 Å². The maximum Gasteiger partial charge on any atom is 0.305 e. The summed E-state index contributed by atoms with van der Waals surface area (Å²) in [6, 6.07) is 0. The van der Waals surface area contributed by atoms with Gasteiger partial charge in [0.05, 0.1) is 7.11 Å². The zero-order valence-electron chi connectivity index (χ0n) is 18.2. The molecule has 0 fully saturated rings. The Morgan fingerprint density at radius 1 is 0.762 bits per heavy atom. The fourth-order valence-electron chi connectivity index (χ4n) is 2.42. The molecule has 0 aliphatic heterocycles. The minimum absolute atomic E-state index is 0.0485. The van der Waals surface area contributed by atoms with E-state index >= 15 is 0 Å². The number of hydrogen-bond donors (Lipinski definition) is 0. The lowest BCUT2D eigenvalue weighted by Gasteiger charge is -2.03. The van der Waals surface area contributed by atoms with Crippen molar-refractivity contribution < 1.29 is 15.0 Å². The summed E-state index contributed by atoms with van der Waals surface area (Å²) in [6.45, 7) is 2.24. The van der Waals surface area contributed by atoms with Crippen molar-refractivity contribution in [3.63, 3.8) is 0 Å². The number of carbonyl (C=O) groups is 1. The van der Waals surface area contributed by atoms with E-state index in [1.807, 2.05) is 0 Å². The average molecular weight is 303 g/mol. The van der Waals surface area contributed by atoms with Crippen molar-refractivity contribution in [3.05, 3.63) is 0 Å². The van der Waals surface area contributed by atoms with Crippen LogP contribution in [0.1, 0.15) is 115 Å². The minimum atomic E-state index is -2.58. The Hall–Kier alpha value is -0.530. The molecule has 0 aliphatic carbocycles. The van der Waals surface area contributed by atoms with Crippen molar-refractivity contribution in [1.82, 2.24) is 0 Å². The third-order valence-corrected chi connectivity index (χ3v) is 3.78. The summed E-state index contributed by atoms with van der Waals surface area (Å²) in [4.78, 5) is 11.4. The van der Waals surface area contributed by atoms with E-state index in [1.165, 1.54) is 57.8 Å². The van der Waals surface area contributed by atoms with Crippen LogP contribution in [0.4, 0.5) is 0 Å². The van der Waals surface area contributed by atoms with Gasteiger partial charge < -0.3 is 4.74 Å². The Morgan fingerprint density at radius 2 is 1.14 bits per heavy atom. The van der Waals surface area contributed by atoms with Crippen LogP contribution in [-0.2, 0) is 9.53 Å². The molecule has 2 nitrogen and oxygen atoms in total. The summed E-state index contributed by atoms with van der Waals surface area (Å²) in [5, 5.41) is 0. The molecule has 0 spiro atoms. The van der Waals surface area contributed by atoms with E-state index in [0.29, 0.717) is 6.42 Å². The normalized spacial score (nSPS) is 15.0. The van der Waals surface area contributed by atoms with Crippen LogP contribution in [0.25, 0.3) is 0 Å². The van der Waals surface area contributed by atoms with Crippen LogP contribution in [0, 0.1) is 0 Å². The van der Waals surface area contributed by atoms with Gasteiger partial charge in [0.1, 0.15) is 0 Å². The summed E-state index contributed by atoms with van der Waals surface area (Å²) in [6.07, 6.45) is 10.9. The molecule has 0 aromatic heterocycles. The van der Waals surface area contributed by atoms with Gasteiger partial charge in [-0.25, -0.2) is 0 Å². The molecule has 0 unspecified atom stereocenters. The largest absolute Gasteiger partial charge is 0.469 e. The molecule has 0 aromatic rings. The molecule has 0 saturated carbocycles. The van der Waals surface area contributed by atoms with Gasteiger partial charge in [-0.05, 0) is 6.37 Å². The lowest BCUT2D eigenvalue weighted by atomic mass is 10.0. The molecular formula is C19H38O2. The number of hydrogen-bond acceptors (Lipinski definition) is 2. The van der Waals surface area contributed by atoms with Gasteiger partial charge in [0.2, 0.25) is 0 Å². The Kier molecular flexibility index (Phi) is 11.8. The fraction of sp³-hybridized carbons (Fsp3) is 0.947. The summed E-state index contributed by atoms with van der Waals surface area (Å²) in [7, 11) is 1.08. The second kappa shape index (κ2) is 17.5. The van der Waals surface area contributed by atoms with Gasteiger partial charge in [0.15, 0.2) is 0 Å². The molecule has 0 bridgehead atoms. The van der Waals surface area contributed by atoms with Crippen molar-refractivity contribution in [2.45, 2.75) is 110 Å². The number of carbonyl (C=O) groups excluding carboxylic acids is 1. The molecule has 0 heterocycles. The Labute approximate surface area is 138 Å². The molecular weight excluding hydrogens is 260 g/mol. The first kappa shape index (κ1) is 14.1. The van der Waals surface area contributed by atoms with Gasteiger partial charge in [-0.3, -0.25) is 4.79 Å². The summed E-state index contributed by atoms with van der Waals surface area (Å²) in [5.41, 5.74) is 0. The average Bonchev–Trinajstić information content (AvgIpc) is 2.57. The van der Waals surface area contributed by atoms with Crippen molar-refractivity contribution in [2.24, 2.45) is 0 Å². The van der Waals surface area contributed by atoms with Gasteiger partial charge in [-0.1, -0.05) is 96.8 Å². The number of unbranched alkanes of at least 4 members (excludes halogenated alkanes) is 12. The van der Waals surface area contributed by atoms with E-state index in [9.17, 15) is 4.79 Å². The number of methoxy groups -OCH3 is 1. The lowest BCUT2D eigenvalue weighted by molar-refractivity contribution is -0.140. The second-order valence-corrected chi connectivity index (χ2v) is 5.79. The first-order chi connectivity index (χ1) is 11.8. The highest BCUT2D eigenvalue weighted by molar-refractivity contribution is 5.68. The zero-order valence-corrected chi connectivity index (χ0v) is 14.2. The van der Waals surface area contributed by atoms with Crippen molar-refractivity contribution in [2.75, 3.05) is 7.11 Å². The van der Waals surface area contributed by atoms with Crippen molar-refractivity contribution in [3.8, 4) is 0 Å². The van der Waals surface area contributed by atoms with E-state index in [-0.39, 0.29) is 6.42 Å². The first-order valence-electron chi connectivity index (χ1n) is 10.9. The molecule has 0 N–H and O–H groups in total. The van der Waals surface area contributed by atoms with Gasteiger partial charge in [-0.2, -0.15) is 0 Å². The van der Waals surface area contributed by atoms with E-state index in [4.69, 9.17) is 5.48 Å². The third kappa shape index (κ3) is 17.4. The molecule has 0 saturated heterocycles. The molecule has 126 valence electrons. The Morgan fingerprint density at radius 3 is 1.52 bits per heavy atom. The van der Waals surface area contributed by atoms with E-state index in [2.05, 4.69) is 11.7 Å². The standard InChI is InChI=1S/C19H38O2/c1-3-4-5-6-7-8-9-10-11-12-13-14-15-16-17-18-19(20)21-2/h3-18H2,1-2H3/i17D2,18D2. The third-order valence-electron chi connectivity index (χ3n) is 3.78. The van der Waals surface area contributed by atoms with Gasteiger partial charge >= 0.3 is 5.97 Å². The highest BCUT2D eigenvalue weighted by atomic mass is 16.5. The SMILES string of the molecule is [2H]C([2H])(CCCCCCCCCCCCCCC)C([2H])([2H])C(=O)OC. The van der Waals surface area contributed by atoms with Crippen LogP contribution in [0.5, 0.6) is 0 Å². The summed E-state index contributed by atoms with van der Waals surface area (Å²) in [5.74, 6) is -1.13. The molecule has 0 atom stereocenters. The molecule has 0 aliphatic rings. The second-order valence-electron chi connectivity index (χ2n) is 5.79. The topological polar surface area (TPSA) is 26.3 Å². The summed E-state index contributed by atoms with van der Waals surface area (Å²) >= 11 is 0. The van der Waals surface area contributed by atoms with E-state index in [1.54, 1.807) is 0 Å². The zero-order chi connectivity index (χ0) is 19.2. The molecule has 21 heavy (non-hydrogen) atoms. The molecule has 0 rings (SSSR count). The highest BCUT2D eigenvalue weighted by Gasteiger charge is 1.99. The minimum Gasteiger partial charge on any atom is -0.469 e. The molecule has 0 aromatic carbocycles. The van der Waals surface area contributed by atoms with Crippen LogP contribution < -0.4 is 0 Å². The fourth-order valence-corrected chi connectivity index (χ4v) is 2.42. The van der Waals surface area contributed by atoms with Crippen LogP contribution in [0.2, 0.25) is 0 Å². The highest BCUT2D eigenvalue weighted by Crippen LogP contribution is 2.13. The smallest absolute Gasteiger partial charge is 0.305 e. The maximum absolute atomic E-state index is 11.4. The van der Waals surface area contributed by atoms with Gasteiger partial charge in [-0.15, -0.1) is 0 Å². The van der Waals surface area contributed by atoms with Crippen LogP contribution in [0.3, 0.4) is 0 Å². The van der Waals surface area contributed by atoms with E-state index in [0.717, 1.165) is 26.4 Å². The van der Waals surface area contributed by atoms with Gasteiger partial charge in [0.25, 0.3) is 0 Å². The number of esters is 1. The van der Waals surface area contributed by atoms with Crippen molar-refractivity contribution in [1.29, 1.82) is 0 Å². The van der Waals surface area contributed by atoms with Crippen molar-refractivity contribution >= 4 is 5.97 Å². The molecule has 0 amide bonds. The van der Waals surface area contributed by atoms with Crippen LogP contribution >= 0.6 is 0 Å². The Balaban J connectivity index is 3.59. The molecule has 2 heteroatoms. The predicted octanol–water partition coefficient (Wildman–Crippen LogP) is 6.42. The van der Waals surface area contributed by atoms with Crippen LogP contribution in [0.15, 0.2) is 0 Å². The quantitative estimate of drug-likeness (QED) is 0.243. The maximum atomic E-state index is 11.4. The number of ether oxygens (including phenoxy) is 1. The number of rotatable bonds is 16. The van der Waals surface area contributed by atoms with Gasteiger partial charge in [0, 0.05) is 11.9 Å².